The Balaban J connectivity index is 1.77. The van der Waals surface area contributed by atoms with E-state index in [1.54, 1.807) is 19.1 Å². The van der Waals surface area contributed by atoms with Gasteiger partial charge in [0.2, 0.25) is 0 Å². The van der Waals surface area contributed by atoms with Gasteiger partial charge in [0, 0.05) is 24.1 Å². The Labute approximate surface area is 161 Å². The summed E-state index contributed by atoms with van der Waals surface area (Å²) in [6, 6.07) is 6.33. The molecule has 1 N–H and O–H groups in total. The summed E-state index contributed by atoms with van der Waals surface area (Å²) in [6.45, 7) is 5.55. The molecule has 1 fully saturated rings. The van der Waals surface area contributed by atoms with Crippen LogP contribution in [0.25, 0.3) is 6.08 Å². The van der Waals surface area contributed by atoms with E-state index in [0.29, 0.717) is 24.4 Å². The van der Waals surface area contributed by atoms with E-state index in [4.69, 9.17) is 9.15 Å². The Morgan fingerprint density at radius 2 is 1.93 bits per heavy atom. The number of rotatable bonds is 4. The summed E-state index contributed by atoms with van der Waals surface area (Å²) >= 11 is 0. The fraction of sp³-hybridized carbons (Fsp3) is 0.286. The maximum atomic E-state index is 11.9. The Morgan fingerprint density at radius 1 is 1.25 bits per heavy atom. The summed E-state index contributed by atoms with van der Waals surface area (Å²) in [5.74, 6) is 0.301. The number of hydrogen-bond acceptors (Lipinski definition) is 6. The molecule has 1 aromatic heterocycles. The average Bonchev–Trinajstić information content (AvgIpc) is 3.11. The van der Waals surface area contributed by atoms with E-state index < -0.39 is 16.7 Å². The first-order valence-electron chi connectivity index (χ1n) is 8.83. The lowest BCUT2D eigenvalue weighted by Crippen LogP contribution is -2.10. The molecule has 2 heterocycles. The maximum absolute atomic E-state index is 11.9. The second-order valence-electron chi connectivity index (χ2n) is 6.90. The van der Waals surface area contributed by atoms with E-state index in [-0.39, 0.29) is 17.0 Å². The quantitative estimate of drug-likeness (QED) is 0.621. The molecule has 2 aromatic rings. The van der Waals surface area contributed by atoms with Crippen LogP contribution in [0.5, 0.6) is 5.75 Å². The van der Waals surface area contributed by atoms with Gasteiger partial charge in [-0.3, -0.25) is 10.1 Å². The van der Waals surface area contributed by atoms with E-state index in [1.165, 1.54) is 19.1 Å². The number of hydrogen-bond donors (Lipinski definition) is 1. The van der Waals surface area contributed by atoms with Gasteiger partial charge in [0.1, 0.15) is 17.6 Å². The molecule has 28 heavy (non-hydrogen) atoms. The van der Waals surface area contributed by atoms with Gasteiger partial charge in [-0.1, -0.05) is 17.7 Å². The molecule has 0 unspecified atom stereocenters. The van der Waals surface area contributed by atoms with Crippen molar-refractivity contribution >= 4 is 11.8 Å². The molecule has 0 saturated carbocycles. The lowest BCUT2D eigenvalue weighted by atomic mass is 10.0. The predicted molar refractivity (Wildman–Crippen MR) is 104 cm³/mol. The third kappa shape index (κ3) is 4.04. The first-order valence-corrected chi connectivity index (χ1v) is 8.83. The molecule has 1 aliphatic heterocycles. The zero-order valence-corrected chi connectivity index (χ0v) is 15.9. The molecule has 0 spiro atoms. The van der Waals surface area contributed by atoms with Gasteiger partial charge in [0.15, 0.2) is 0 Å². The summed E-state index contributed by atoms with van der Waals surface area (Å²) in [4.78, 5) is 22.1. The van der Waals surface area contributed by atoms with Crippen molar-refractivity contribution in [2.45, 2.75) is 33.3 Å². The van der Waals surface area contributed by atoms with Crippen LogP contribution in [0.2, 0.25) is 0 Å². The monoisotopic (exact) mass is 383 g/mol. The number of nitro groups is 1. The Bertz CT molecular complexity index is 1030. The molecule has 7 nitrogen and oxygen atoms in total. The lowest BCUT2D eigenvalue weighted by Gasteiger charge is -2.12. The van der Waals surface area contributed by atoms with Gasteiger partial charge < -0.3 is 14.3 Å². The predicted octanol–water partition coefficient (Wildman–Crippen LogP) is 4.36. The molecule has 0 aliphatic carbocycles. The summed E-state index contributed by atoms with van der Waals surface area (Å²) < 4.78 is 11.1. The van der Waals surface area contributed by atoms with Gasteiger partial charge >= 0.3 is 5.63 Å². The number of ether oxygens (including phenoxy) is 1. The highest BCUT2D eigenvalue weighted by Crippen LogP contribution is 2.36. The van der Waals surface area contributed by atoms with Crippen LogP contribution < -0.4 is 5.63 Å². The highest BCUT2D eigenvalue weighted by molar-refractivity contribution is 5.57. The van der Waals surface area contributed by atoms with Crippen molar-refractivity contribution in [1.29, 1.82) is 0 Å². The molecule has 1 aromatic carbocycles. The summed E-state index contributed by atoms with van der Waals surface area (Å²) in [7, 11) is 0. The fourth-order valence-corrected chi connectivity index (χ4v) is 3.21. The number of aromatic hydroxyl groups is 1. The Kier molecular flexibility index (Phi) is 5.46. The molecule has 1 atom stereocenters. The Hall–Kier alpha value is -3.19. The molecule has 3 rings (SSSR count). The van der Waals surface area contributed by atoms with Crippen LogP contribution in [0.15, 0.2) is 50.7 Å². The van der Waals surface area contributed by atoms with Crippen molar-refractivity contribution in [3.63, 3.8) is 0 Å². The summed E-state index contributed by atoms with van der Waals surface area (Å²) in [5, 5.41) is 20.8. The lowest BCUT2D eigenvalue weighted by molar-refractivity contribution is -0.384. The summed E-state index contributed by atoms with van der Waals surface area (Å²) in [5.41, 5.74) is 3.06. The molecule has 0 radical (unpaired) electrons. The zero-order chi connectivity index (χ0) is 20.4. The molecule has 0 amide bonds. The third-order valence-corrected chi connectivity index (χ3v) is 4.73. The van der Waals surface area contributed by atoms with Crippen LogP contribution in [0.1, 0.15) is 41.9 Å². The minimum atomic E-state index is -0.562. The van der Waals surface area contributed by atoms with E-state index in [2.05, 4.69) is 0 Å². The van der Waals surface area contributed by atoms with Gasteiger partial charge in [-0.2, -0.15) is 0 Å². The highest BCUT2D eigenvalue weighted by atomic mass is 16.6. The highest BCUT2D eigenvalue weighted by Gasteiger charge is 2.28. The third-order valence-electron chi connectivity index (χ3n) is 4.73. The smallest absolute Gasteiger partial charge is 0.342 e. The van der Waals surface area contributed by atoms with Gasteiger partial charge in [-0.15, -0.1) is 0 Å². The van der Waals surface area contributed by atoms with Crippen molar-refractivity contribution < 1.29 is 19.2 Å². The van der Waals surface area contributed by atoms with E-state index in [1.807, 2.05) is 19.1 Å². The standard InChI is InChI=1S/C21H21NO6/c1-12(8-15-4-6-17(7-5-15)22(25)26)9-16-10-18(27-11-16)20-13(2)19(23)14(3)21(24)28-20/h4-9,18,23H,10-11H2,1-3H3/b12-8+,16-9-/t18-/m0/s1. The van der Waals surface area contributed by atoms with Crippen LogP contribution >= 0.6 is 0 Å². The van der Waals surface area contributed by atoms with Crippen LogP contribution in [0.4, 0.5) is 5.69 Å². The maximum Gasteiger partial charge on any atom is 0.342 e. The number of nitro benzene ring substituents is 1. The second kappa shape index (κ2) is 7.82. The van der Waals surface area contributed by atoms with Crippen LogP contribution in [-0.2, 0) is 4.74 Å². The molecule has 1 saturated heterocycles. The van der Waals surface area contributed by atoms with Gasteiger partial charge in [0.25, 0.3) is 5.69 Å². The van der Waals surface area contributed by atoms with Crippen LogP contribution in [0.3, 0.4) is 0 Å². The summed E-state index contributed by atoms with van der Waals surface area (Å²) in [6.07, 6.45) is 4.05. The molecule has 1 aliphatic rings. The second-order valence-corrected chi connectivity index (χ2v) is 6.90. The first kappa shape index (κ1) is 19.6. The zero-order valence-electron chi connectivity index (χ0n) is 15.9. The SMILES string of the molecule is CC(/C=C1\CO[C@H](c2oc(=O)c(C)c(O)c2C)C1)=C\c1ccc([N+](=O)[O-])cc1. The van der Waals surface area contributed by atoms with Crippen molar-refractivity contribution in [2.75, 3.05) is 6.61 Å². The van der Waals surface area contributed by atoms with E-state index in [0.717, 1.165) is 16.7 Å². The van der Waals surface area contributed by atoms with Crippen molar-refractivity contribution in [3.8, 4) is 5.75 Å². The van der Waals surface area contributed by atoms with Gasteiger partial charge in [-0.05, 0) is 44.0 Å². The van der Waals surface area contributed by atoms with Crippen molar-refractivity contribution in [1.82, 2.24) is 0 Å². The van der Waals surface area contributed by atoms with Crippen molar-refractivity contribution in [3.05, 3.63) is 84.5 Å². The van der Waals surface area contributed by atoms with Crippen molar-refractivity contribution in [2.24, 2.45) is 0 Å². The molecule has 0 bridgehead atoms. The largest absolute Gasteiger partial charge is 0.507 e. The molecular formula is C21H21NO6. The van der Waals surface area contributed by atoms with E-state index >= 15 is 0 Å². The minimum Gasteiger partial charge on any atom is -0.507 e. The van der Waals surface area contributed by atoms with Gasteiger partial charge in [0.05, 0.1) is 17.1 Å². The van der Waals surface area contributed by atoms with Gasteiger partial charge in [-0.25, -0.2) is 4.79 Å². The average molecular weight is 383 g/mol. The molecule has 7 heteroatoms. The number of allylic oxidation sites excluding steroid dienone is 2. The minimum absolute atomic E-state index is 0.0541. The Morgan fingerprint density at radius 3 is 2.57 bits per heavy atom. The van der Waals surface area contributed by atoms with E-state index in [9.17, 15) is 20.0 Å². The fourth-order valence-electron chi connectivity index (χ4n) is 3.21. The molecule has 146 valence electrons. The van der Waals surface area contributed by atoms with Crippen LogP contribution in [0, 0.1) is 24.0 Å². The molecular weight excluding hydrogens is 362 g/mol. The van der Waals surface area contributed by atoms with Crippen LogP contribution in [-0.4, -0.2) is 16.6 Å². The number of nitrogens with zero attached hydrogens (tertiary/aromatic N) is 1. The topological polar surface area (TPSA) is 103 Å². The normalized spacial score (nSPS) is 18.6. The number of benzene rings is 1. The number of non-ortho nitro benzene ring substituents is 1. The first-order chi connectivity index (χ1) is 13.3.